The van der Waals surface area contributed by atoms with Crippen molar-refractivity contribution in [1.29, 1.82) is 0 Å². The zero-order valence-electron chi connectivity index (χ0n) is 9.36. The molecule has 0 aromatic carbocycles. The molecule has 4 N–H and O–H groups in total. The summed E-state index contributed by atoms with van der Waals surface area (Å²) in [6, 6.07) is -0.0411. The van der Waals surface area contributed by atoms with Crippen LogP contribution in [0.5, 0.6) is 0 Å². The van der Waals surface area contributed by atoms with Crippen molar-refractivity contribution in [2.45, 2.75) is 32.7 Å². The van der Waals surface area contributed by atoms with Crippen LogP contribution in [-0.4, -0.2) is 27.5 Å². The molecule has 0 aromatic rings. The van der Waals surface area contributed by atoms with Gasteiger partial charge in [0.2, 0.25) is 0 Å². The summed E-state index contributed by atoms with van der Waals surface area (Å²) in [5.74, 6) is 0.816. The lowest BCUT2D eigenvalue weighted by Gasteiger charge is -2.13. The number of hydrogen-bond acceptors (Lipinski definition) is 3. The third-order valence-corrected chi connectivity index (χ3v) is 3.51. The lowest BCUT2D eigenvalue weighted by molar-refractivity contribution is 0.527. The van der Waals surface area contributed by atoms with Gasteiger partial charge >= 0.3 is 0 Å². The molecule has 0 saturated heterocycles. The second-order valence-corrected chi connectivity index (χ2v) is 6.18. The standard InChI is InChI=1S/C9H21N3O2S/c1-7(2)5-11-15(13,14)12-6-9(10)8-3-4-8/h7-9,11-12H,3-6,10H2,1-2H3. The number of nitrogens with two attached hydrogens (primary N) is 1. The van der Waals surface area contributed by atoms with Gasteiger partial charge in [0.15, 0.2) is 0 Å². The van der Waals surface area contributed by atoms with Crippen LogP contribution in [0, 0.1) is 11.8 Å². The normalized spacial score (nSPS) is 19.5. The van der Waals surface area contributed by atoms with Crippen LogP contribution in [0.25, 0.3) is 0 Å². The van der Waals surface area contributed by atoms with Crippen molar-refractivity contribution in [1.82, 2.24) is 9.44 Å². The monoisotopic (exact) mass is 235 g/mol. The van der Waals surface area contributed by atoms with E-state index >= 15 is 0 Å². The molecule has 0 aromatic heterocycles. The van der Waals surface area contributed by atoms with Crippen molar-refractivity contribution in [2.75, 3.05) is 13.1 Å². The van der Waals surface area contributed by atoms with E-state index in [-0.39, 0.29) is 6.04 Å². The van der Waals surface area contributed by atoms with Gasteiger partial charge in [0.05, 0.1) is 0 Å². The van der Waals surface area contributed by atoms with Crippen molar-refractivity contribution >= 4 is 10.2 Å². The molecule has 1 aliphatic rings. The maximum Gasteiger partial charge on any atom is 0.276 e. The molecule has 1 aliphatic carbocycles. The molecule has 0 bridgehead atoms. The third kappa shape index (κ3) is 5.46. The molecule has 15 heavy (non-hydrogen) atoms. The van der Waals surface area contributed by atoms with E-state index in [0.717, 1.165) is 12.8 Å². The van der Waals surface area contributed by atoms with Gasteiger partial charge in [-0.1, -0.05) is 13.8 Å². The van der Waals surface area contributed by atoms with Crippen LogP contribution >= 0.6 is 0 Å². The van der Waals surface area contributed by atoms with E-state index in [9.17, 15) is 8.42 Å². The molecule has 90 valence electrons. The zero-order chi connectivity index (χ0) is 11.5. The smallest absolute Gasteiger partial charge is 0.276 e. The SMILES string of the molecule is CC(C)CNS(=O)(=O)NCC(N)C1CC1. The molecule has 1 saturated carbocycles. The third-order valence-electron chi connectivity index (χ3n) is 2.42. The van der Waals surface area contributed by atoms with Gasteiger partial charge in [-0.05, 0) is 24.7 Å². The van der Waals surface area contributed by atoms with E-state index in [1.165, 1.54) is 0 Å². The first-order valence-corrected chi connectivity index (χ1v) is 6.89. The molecule has 0 spiro atoms. The summed E-state index contributed by atoms with van der Waals surface area (Å²) in [6.07, 6.45) is 2.25. The summed E-state index contributed by atoms with van der Waals surface area (Å²) in [4.78, 5) is 0. The quantitative estimate of drug-likeness (QED) is 0.571. The van der Waals surface area contributed by atoms with Gasteiger partial charge in [-0.15, -0.1) is 0 Å². The van der Waals surface area contributed by atoms with Crippen LogP contribution in [0.1, 0.15) is 26.7 Å². The Morgan fingerprint density at radius 1 is 1.27 bits per heavy atom. The number of nitrogens with one attached hydrogen (secondary N) is 2. The highest BCUT2D eigenvalue weighted by Crippen LogP contribution is 2.31. The lowest BCUT2D eigenvalue weighted by Crippen LogP contribution is -2.44. The Hall–Kier alpha value is -0.170. The van der Waals surface area contributed by atoms with Gasteiger partial charge < -0.3 is 5.73 Å². The predicted octanol–water partition coefficient (Wildman–Crippen LogP) is -0.196. The molecular formula is C9H21N3O2S. The summed E-state index contributed by atoms with van der Waals surface area (Å²) in [7, 11) is -3.36. The number of rotatable bonds is 7. The largest absolute Gasteiger partial charge is 0.326 e. The minimum Gasteiger partial charge on any atom is -0.326 e. The molecule has 5 nitrogen and oxygen atoms in total. The highest BCUT2D eigenvalue weighted by atomic mass is 32.2. The molecule has 0 amide bonds. The Morgan fingerprint density at radius 3 is 2.27 bits per heavy atom. The Kier molecular flexibility index (Phi) is 4.51. The van der Waals surface area contributed by atoms with Crippen molar-refractivity contribution in [3.63, 3.8) is 0 Å². The second-order valence-electron chi connectivity index (χ2n) is 4.60. The highest BCUT2D eigenvalue weighted by Gasteiger charge is 2.29. The molecule has 0 heterocycles. The van der Waals surface area contributed by atoms with Gasteiger partial charge in [-0.25, -0.2) is 9.44 Å². The molecule has 1 rings (SSSR count). The molecule has 0 radical (unpaired) electrons. The van der Waals surface area contributed by atoms with E-state index in [0.29, 0.717) is 24.9 Å². The van der Waals surface area contributed by atoms with Crippen molar-refractivity contribution in [3.8, 4) is 0 Å². The minimum atomic E-state index is -3.36. The second kappa shape index (κ2) is 5.25. The summed E-state index contributed by atoms with van der Waals surface area (Å²) in [5, 5.41) is 0. The maximum atomic E-state index is 11.4. The average Bonchev–Trinajstić information content (AvgIpc) is 2.94. The molecular weight excluding hydrogens is 214 g/mol. The lowest BCUT2D eigenvalue weighted by atomic mass is 10.2. The minimum absolute atomic E-state index is 0.0411. The first kappa shape index (κ1) is 12.9. The van der Waals surface area contributed by atoms with Crippen molar-refractivity contribution in [2.24, 2.45) is 17.6 Å². The van der Waals surface area contributed by atoms with Gasteiger partial charge in [-0.2, -0.15) is 8.42 Å². The van der Waals surface area contributed by atoms with Crippen LogP contribution in [0.3, 0.4) is 0 Å². The highest BCUT2D eigenvalue weighted by molar-refractivity contribution is 7.87. The van der Waals surface area contributed by atoms with E-state index in [4.69, 9.17) is 5.73 Å². The first-order valence-electron chi connectivity index (χ1n) is 5.40. The summed E-state index contributed by atoms with van der Waals surface area (Å²) in [6.45, 7) is 4.70. The van der Waals surface area contributed by atoms with Crippen LogP contribution in [0.2, 0.25) is 0 Å². The summed E-state index contributed by atoms with van der Waals surface area (Å²) >= 11 is 0. The Bertz CT molecular complexity index is 286. The van der Waals surface area contributed by atoms with E-state index < -0.39 is 10.2 Å². The van der Waals surface area contributed by atoms with Crippen LogP contribution in [0.4, 0.5) is 0 Å². The van der Waals surface area contributed by atoms with Gasteiger partial charge in [0, 0.05) is 19.1 Å². The van der Waals surface area contributed by atoms with Gasteiger partial charge in [0.1, 0.15) is 0 Å². The molecule has 6 heteroatoms. The fourth-order valence-corrected chi connectivity index (χ4v) is 2.29. The van der Waals surface area contributed by atoms with Crippen molar-refractivity contribution in [3.05, 3.63) is 0 Å². The predicted molar refractivity (Wildman–Crippen MR) is 60.5 cm³/mol. The summed E-state index contributed by atoms with van der Waals surface area (Å²) < 4.78 is 27.8. The van der Waals surface area contributed by atoms with E-state index in [1.807, 2.05) is 13.8 Å². The van der Waals surface area contributed by atoms with Crippen LogP contribution < -0.4 is 15.2 Å². The Balaban J connectivity index is 2.22. The topological polar surface area (TPSA) is 84.2 Å². The first-order chi connectivity index (χ1) is 6.91. The fourth-order valence-electron chi connectivity index (χ4n) is 1.22. The van der Waals surface area contributed by atoms with Crippen molar-refractivity contribution < 1.29 is 8.42 Å². The zero-order valence-corrected chi connectivity index (χ0v) is 10.2. The molecule has 1 fully saturated rings. The van der Waals surface area contributed by atoms with E-state index in [2.05, 4.69) is 9.44 Å². The van der Waals surface area contributed by atoms with Crippen LogP contribution in [0.15, 0.2) is 0 Å². The Labute approximate surface area is 92.0 Å². The average molecular weight is 235 g/mol. The van der Waals surface area contributed by atoms with Gasteiger partial charge in [0.25, 0.3) is 10.2 Å². The summed E-state index contributed by atoms with van der Waals surface area (Å²) in [5.41, 5.74) is 5.79. The fraction of sp³-hybridized carbons (Fsp3) is 1.00. The molecule has 1 unspecified atom stereocenters. The molecule has 1 atom stereocenters. The molecule has 0 aliphatic heterocycles. The van der Waals surface area contributed by atoms with Gasteiger partial charge in [-0.3, -0.25) is 0 Å². The van der Waals surface area contributed by atoms with Crippen LogP contribution in [-0.2, 0) is 10.2 Å². The van der Waals surface area contributed by atoms with E-state index in [1.54, 1.807) is 0 Å². The maximum absolute atomic E-state index is 11.4. The Morgan fingerprint density at radius 2 is 1.80 bits per heavy atom. The number of hydrogen-bond donors (Lipinski definition) is 3.